The van der Waals surface area contributed by atoms with Crippen LogP contribution < -0.4 is 0 Å². The maximum Gasteiger partial charge on any atom is 0.320 e. The molecule has 0 aliphatic rings. The average molecular weight is 523 g/mol. The number of carbonyl (C=O) groups is 3. The summed E-state index contributed by atoms with van der Waals surface area (Å²) in [5, 5.41) is 0. The van der Waals surface area contributed by atoms with Crippen molar-refractivity contribution in [1.29, 1.82) is 0 Å². The van der Waals surface area contributed by atoms with Crippen molar-refractivity contribution in [2.45, 2.75) is 25.2 Å². The Labute approximate surface area is 208 Å². The SMILES string of the molecule is CCc1ccc(C(=O)[C@H](c2ccccc2)[C@H](c2ccc(Br)cc2)C(C(=O)OC)C(=O)OC)cc1. The summed E-state index contributed by atoms with van der Waals surface area (Å²) in [5.74, 6) is -4.73. The molecule has 0 N–H and O–H groups in total. The Morgan fingerprint density at radius 3 is 1.82 bits per heavy atom. The van der Waals surface area contributed by atoms with E-state index in [1.165, 1.54) is 14.2 Å². The Morgan fingerprint density at radius 1 is 0.765 bits per heavy atom. The van der Waals surface area contributed by atoms with E-state index in [1.807, 2.05) is 61.5 Å². The molecule has 3 aromatic rings. The molecule has 0 saturated carbocycles. The minimum Gasteiger partial charge on any atom is -0.468 e. The predicted octanol–water partition coefficient (Wildman–Crippen LogP) is 5.72. The molecule has 0 aromatic heterocycles. The molecule has 2 atom stereocenters. The molecule has 6 heteroatoms. The maximum absolute atomic E-state index is 14.0. The zero-order valence-corrected chi connectivity index (χ0v) is 20.9. The third-order valence-electron chi connectivity index (χ3n) is 5.97. The number of carbonyl (C=O) groups excluding carboxylic acids is 3. The van der Waals surface area contributed by atoms with Gasteiger partial charge in [-0.1, -0.05) is 89.6 Å². The van der Waals surface area contributed by atoms with Gasteiger partial charge in [-0.3, -0.25) is 14.4 Å². The van der Waals surface area contributed by atoms with Gasteiger partial charge in [0, 0.05) is 16.0 Å². The lowest BCUT2D eigenvalue weighted by Crippen LogP contribution is -2.37. The number of halogens is 1. The lowest BCUT2D eigenvalue weighted by molar-refractivity contribution is -0.160. The number of ketones is 1. The standard InChI is InChI=1S/C28H27BrO5/c1-4-18-10-12-21(13-11-18)26(30)24(19-8-6-5-7-9-19)23(20-14-16-22(29)17-15-20)25(27(31)33-2)28(32)34-3/h5-17,23-25H,4H2,1-3H3/t23-,24+/m0/s1. The van der Waals surface area contributed by atoms with Gasteiger partial charge in [0.2, 0.25) is 0 Å². The third kappa shape index (κ3) is 5.62. The van der Waals surface area contributed by atoms with Gasteiger partial charge in [-0.05, 0) is 35.2 Å². The molecule has 0 saturated heterocycles. The van der Waals surface area contributed by atoms with E-state index in [9.17, 15) is 14.4 Å². The molecule has 34 heavy (non-hydrogen) atoms. The molecule has 3 rings (SSSR count). The van der Waals surface area contributed by atoms with Crippen LogP contribution in [-0.4, -0.2) is 31.9 Å². The van der Waals surface area contributed by atoms with E-state index in [4.69, 9.17) is 9.47 Å². The van der Waals surface area contributed by atoms with Crippen LogP contribution in [0.2, 0.25) is 0 Å². The second-order valence-corrected chi connectivity index (χ2v) is 8.82. The molecule has 0 bridgehead atoms. The molecule has 5 nitrogen and oxygen atoms in total. The van der Waals surface area contributed by atoms with Gasteiger partial charge >= 0.3 is 11.9 Å². The van der Waals surface area contributed by atoms with Crippen molar-refractivity contribution < 1.29 is 23.9 Å². The molecule has 3 aromatic carbocycles. The van der Waals surface area contributed by atoms with Crippen molar-refractivity contribution in [3.05, 3.63) is 106 Å². The quantitative estimate of drug-likeness (QED) is 0.204. The maximum atomic E-state index is 14.0. The van der Waals surface area contributed by atoms with Crippen molar-refractivity contribution in [1.82, 2.24) is 0 Å². The van der Waals surface area contributed by atoms with E-state index in [2.05, 4.69) is 15.9 Å². The number of hydrogen-bond donors (Lipinski definition) is 0. The molecule has 176 valence electrons. The summed E-state index contributed by atoms with van der Waals surface area (Å²) in [5.41, 5.74) is 2.95. The van der Waals surface area contributed by atoms with E-state index in [-0.39, 0.29) is 5.78 Å². The van der Waals surface area contributed by atoms with Gasteiger partial charge in [-0.25, -0.2) is 0 Å². The first-order valence-electron chi connectivity index (χ1n) is 11.0. The molecule has 0 spiro atoms. The van der Waals surface area contributed by atoms with Crippen LogP contribution in [0.15, 0.2) is 83.3 Å². The largest absolute Gasteiger partial charge is 0.468 e. The number of rotatable bonds is 9. The fourth-order valence-corrected chi connectivity index (χ4v) is 4.44. The number of hydrogen-bond acceptors (Lipinski definition) is 5. The average Bonchev–Trinajstić information content (AvgIpc) is 2.88. The van der Waals surface area contributed by atoms with Gasteiger partial charge in [0.05, 0.1) is 20.1 Å². The molecular formula is C28H27BrO5. The van der Waals surface area contributed by atoms with Crippen LogP contribution in [0.5, 0.6) is 0 Å². The minimum absolute atomic E-state index is 0.195. The van der Waals surface area contributed by atoms with Gasteiger partial charge in [-0.15, -0.1) is 0 Å². The second-order valence-electron chi connectivity index (χ2n) is 7.90. The van der Waals surface area contributed by atoms with E-state index >= 15 is 0 Å². The Hall–Kier alpha value is -3.25. The molecular weight excluding hydrogens is 496 g/mol. The molecule has 0 radical (unpaired) electrons. The normalized spacial score (nSPS) is 12.6. The van der Waals surface area contributed by atoms with Crippen LogP contribution >= 0.6 is 15.9 Å². The lowest BCUT2D eigenvalue weighted by atomic mass is 9.70. The van der Waals surface area contributed by atoms with Crippen molar-refractivity contribution in [3.8, 4) is 0 Å². The lowest BCUT2D eigenvalue weighted by Gasteiger charge is -2.31. The van der Waals surface area contributed by atoms with Gasteiger partial charge in [0.15, 0.2) is 11.7 Å². The molecule has 0 heterocycles. The van der Waals surface area contributed by atoms with E-state index in [1.54, 1.807) is 24.3 Å². The van der Waals surface area contributed by atoms with Crippen LogP contribution in [0.25, 0.3) is 0 Å². The third-order valence-corrected chi connectivity index (χ3v) is 6.50. The highest BCUT2D eigenvalue weighted by Gasteiger charge is 2.45. The van der Waals surface area contributed by atoms with Crippen LogP contribution in [0.4, 0.5) is 0 Å². The first kappa shape index (κ1) is 25.4. The monoisotopic (exact) mass is 522 g/mol. The predicted molar refractivity (Wildman–Crippen MR) is 134 cm³/mol. The summed E-state index contributed by atoms with van der Waals surface area (Å²) in [7, 11) is 2.44. The van der Waals surface area contributed by atoms with Crippen LogP contribution in [0, 0.1) is 5.92 Å². The van der Waals surface area contributed by atoms with E-state index in [0.29, 0.717) is 16.7 Å². The molecule has 0 aliphatic heterocycles. The summed E-state index contributed by atoms with van der Waals surface area (Å²) < 4.78 is 10.8. The highest BCUT2D eigenvalue weighted by Crippen LogP contribution is 2.42. The van der Waals surface area contributed by atoms with Gasteiger partial charge < -0.3 is 9.47 Å². The Balaban J connectivity index is 2.25. The zero-order chi connectivity index (χ0) is 24.7. The number of Topliss-reactive ketones (excluding diaryl/α,β-unsaturated/α-hetero) is 1. The molecule has 0 aliphatic carbocycles. The van der Waals surface area contributed by atoms with Crippen molar-refractivity contribution in [2.75, 3.05) is 14.2 Å². The summed E-state index contributed by atoms with van der Waals surface area (Å²) in [4.78, 5) is 39.9. The highest BCUT2D eigenvalue weighted by atomic mass is 79.9. The Bertz CT molecular complexity index is 1110. The molecule has 0 unspecified atom stereocenters. The number of esters is 2. The van der Waals surface area contributed by atoms with Crippen molar-refractivity contribution in [3.63, 3.8) is 0 Å². The zero-order valence-electron chi connectivity index (χ0n) is 19.4. The summed E-state index contributed by atoms with van der Waals surface area (Å²) >= 11 is 3.43. The second kappa shape index (κ2) is 11.7. The first-order valence-corrected chi connectivity index (χ1v) is 11.8. The number of aryl methyl sites for hydroxylation is 1. The molecule has 0 amide bonds. The van der Waals surface area contributed by atoms with Crippen LogP contribution in [-0.2, 0) is 25.5 Å². The molecule has 0 fully saturated rings. The fourth-order valence-electron chi connectivity index (χ4n) is 4.17. The van der Waals surface area contributed by atoms with Gasteiger partial charge in [0.25, 0.3) is 0 Å². The van der Waals surface area contributed by atoms with Gasteiger partial charge in [-0.2, -0.15) is 0 Å². The summed E-state index contributed by atoms with van der Waals surface area (Å²) in [6.45, 7) is 2.05. The number of benzene rings is 3. The summed E-state index contributed by atoms with van der Waals surface area (Å²) in [6.07, 6.45) is 0.852. The van der Waals surface area contributed by atoms with Crippen molar-refractivity contribution in [2.24, 2.45) is 5.92 Å². The van der Waals surface area contributed by atoms with Crippen LogP contribution in [0.1, 0.15) is 45.8 Å². The number of methoxy groups -OCH3 is 2. The topological polar surface area (TPSA) is 69.7 Å². The van der Waals surface area contributed by atoms with Gasteiger partial charge in [0.1, 0.15) is 0 Å². The summed E-state index contributed by atoms with van der Waals surface area (Å²) in [6, 6.07) is 23.8. The Kier molecular flexibility index (Phi) is 8.77. The van der Waals surface area contributed by atoms with Crippen molar-refractivity contribution >= 4 is 33.7 Å². The first-order chi connectivity index (χ1) is 16.4. The van der Waals surface area contributed by atoms with E-state index in [0.717, 1.165) is 16.5 Å². The fraction of sp³-hybridized carbons (Fsp3) is 0.250. The van der Waals surface area contributed by atoms with Crippen LogP contribution in [0.3, 0.4) is 0 Å². The van der Waals surface area contributed by atoms with E-state index < -0.39 is 29.7 Å². The minimum atomic E-state index is -1.33. The Morgan fingerprint density at radius 2 is 1.32 bits per heavy atom. The smallest absolute Gasteiger partial charge is 0.320 e. The number of ether oxygens (including phenoxy) is 2. The highest BCUT2D eigenvalue weighted by molar-refractivity contribution is 9.10.